The minimum absolute atomic E-state index is 0.260. The molecule has 1 amide bonds. The number of benzene rings is 3. The van der Waals surface area contributed by atoms with Gasteiger partial charge in [-0.3, -0.25) is 4.79 Å². The molecule has 0 saturated heterocycles. The summed E-state index contributed by atoms with van der Waals surface area (Å²) in [5.41, 5.74) is 2.55. The summed E-state index contributed by atoms with van der Waals surface area (Å²) < 4.78 is 82.0. The Labute approximate surface area is 243 Å². The molecule has 1 fully saturated rings. The van der Waals surface area contributed by atoms with E-state index in [-0.39, 0.29) is 12.5 Å². The molecule has 3 aromatic carbocycles. The molecule has 2 aliphatic carbocycles. The number of carbonyl (C=O) groups excluding carboxylic acids is 1. The number of sulfonamides is 1. The minimum Gasteiger partial charge on any atom is -0.349 e. The Morgan fingerprint density at radius 1 is 0.976 bits per heavy atom. The molecule has 2 aliphatic rings. The van der Waals surface area contributed by atoms with E-state index in [1.165, 1.54) is 30.5 Å². The maximum absolute atomic E-state index is 13.6. The van der Waals surface area contributed by atoms with Gasteiger partial charge in [-0.25, -0.2) is 17.5 Å². The predicted molar refractivity (Wildman–Crippen MR) is 150 cm³/mol. The molecule has 0 aliphatic heterocycles. The zero-order valence-corrected chi connectivity index (χ0v) is 23.7. The van der Waals surface area contributed by atoms with Gasteiger partial charge in [0.25, 0.3) is 0 Å². The Bertz CT molecular complexity index is 1520. The van der Waals surface area contributed by atoms with Crippen molar-refractivity contribution in [3.63, 3.8) is 0 Å². The number of amides is 1. The molecular weight excluding hydrogens is 570 g/mol. The number of alkyl halides is 3. The van der Waals surface area contributed by atoms with Crippen molar-refractivity contribution in [1.82, 2.24) is 15.4 Å². The Morgan fingerprint density at radius 3 is 2.45 bits per heavy atom. The lowest BCUT2D eigenvalue weighted by Gasteiger charge is -2.28. The van der Waals surface area contributed by atoms with Gasteiger partial charge in [0.05, 0.1) is 22.5 Å². The van der Waals surface area contributed by atoms with Crippen LogP contribution in [0.3, 0.4) is 0 Å². The second-order valence-electron chi connectivity index (χ2n) is 11.1. The van der Waals surface area contributed by atoms with Gasteiger partial charge in [0, 0.05) is 13.0 Å². The number of fused-ring (bicyclic) bond motifs is 1. The number of aryl methyl sites for hydroxylation is 1. The molecule has 0 spiro atoms. The molecule has 11 heteroatoms. The van der Waals surface area contributed by atoms with Gasteiger partial charge in [-0.05, 0) is 97.2 Å². The first-order chi connectivity index (χ1) is 20.0. The largest absolute Gasteiger partial charge is 0.416 e. The van der Waals surface area contributed by atoms with Crippen LogP contribution in [0, 0.1) is 11.7 Å². The number of nitrogens with one attached hydrogen (secondary N) is 3. The van der Waals surface area contributed by atoms with Crippen LogP contribution in [-0.2, 0) is 34.0 Å². The van der Waals surface area contributed by atoms with Gasteiger partial charge >= 0.3 is 6.18 Å². The van der Waals surface area contributed by atoms with E-state index in [4.69, 9.17) is 0 Å². The lowest BCUT2D eigenvalue weighted by Crippen LogP contribution is -2.36. The van der Waals surface area contributed by atoms with Gasteiger partial charge in [0.15, 0.2) is 0 Å². The summed E-state index contributed by atoms with van der Waals surface area (Å²) in [4.78, 5) is 12.7. The average Bonchev–Trinajstić information content (AvgIpc) is 3.77. The molecule has 6 nitrogen and oxygen atoms in total. The van der Waals surface area contributed by atoms with Crippen LogP contribution < -0.4 is 15.4 Å². The van der Waals surface area contributed by atoms with E-state index in [1.54, 1.807) is 0 Å². The van der Waals surface area contributed by atoms with Crippen molar-refractivity contribution in [2.24, 2.45) is 5.92 Å². The maximum Gasteiger partial charge on any atom is 0.416 e. The van der Waals surface area contributed by atoms with Gasteiger partial charge in [0.1, 0.15) is 5.82 Å². The van der Waals surface area contributed by atoms with Crippen molar-refractivity contribution in [3.8, 4) is 0 Å². The van der Waals surface area contributed by atoms with Gasteiger partial charge < -0.3 is 10.6 Å². The molecule has 0 radical (unpaired) electrons. The number of carbonyl (C=O) groups is 1. The average molecular weight is 604 g/mol. The molecule has 1 saturated carbocycles. The fraction of sp³-hybridized carbons (Fsp3) is 0.387. The topological polar surface area (TPSA) is 87.3 Å². The predicted octanol–water partition coefficient (Wildman–Crippen LogP) is 5.95. The number of halogens is 4. The molecule has 224 valence electrons. The van der Waals surface area contributed by atoms with Crippen molar-refractivity contribution >= 4 is 15.9 Å². The van der Waals surface area contributed by atoms with Crippen LogP contribution in [0.1, 0.15) is 72.0 Å². The maximum atomic E-state index is 13.6. The molecule has 42 heavy (non-hydrogen) atoms. The summed E-state index contributed by atoms with van der Waals surface area (Å²) in [5, 5.41) is 6.51. The summed E-state index contributed by atoms with van der Waals surface area (Å²) in [6.07, 6.45) is -0.00581. The highest BCUT2D eigenvalue weighted by atomic mass is 32.2. The standard InChI is InChI=1S/C31H33F4N3O3S/c32-25-12-10-22(11-13-25)29(38-42(40,41)26-5-2-4-24(16-26)31(33,34)35)17-30(39)37-28-6-1-3-23-15-21(9-14-27(23)28)19-36-18-20-7-8-20/h2,4-5,9-16,20,28-29,36,38H,1,3,6-8,17-19H2,(H,37,39)/t28-,29-/m1/s1. The first-order valence-electron chi connectivity index (χ1n) is 14.0. The van der Waals surface area contributed by atoms with E-state index in [2.05, 4.69) is 21.4 Å². The van der Waals surface area contributed by atoms with E-state index in [1.807, 2.05) is 12.1 Å². The first-order valence-corrected chi connectivity index (χ1v) is 15.5. The third-order valence-electron chi connectivity index (χ3n) is 7.75. The van der Waals surface area contributed by atoms with Crippen LogP contribution in [0.4, 0.5) is 17.6 Å². The first kappa shape index (κ1) is 30.2. The molecule has 3 N–H and O–H groups in total. The van der Waals surface area contributed by atoms with Gasteiger partial charge in [-0.15, -0.1) is 0 Å². The molecule has 0 unspecified atom stereocenters. The van der Waals surface area contributed by atoms with Crippen LogP contribution in [0.25, 0.3) is 0 Å². The Hall–Kier alpha value is -3.28. The normalized spacial score (nSPS) is 17.9. The summed E-state index contributed by atoms with van der Waals surface area (Å²) in [6.45, 7) is 1.80. The Morgan fingerprint density at radius 2 is 1.74 bits per heavy atom. The van der Waals surface area contributed by atoms with E-state index in [9.17, 15) is 30.8 Å². The van der Waals surface area contributed by atoms with Crippen LogP contribution in [-0.4, -0.2) is 20.9 Å². The molecule has 0 bridgehead atoms. The zero-order chi connectivity index (χ0) is 29.9. The summed E-state index contributed by atoms with van der Waals surface area (Å²) in [7, 11) is -4.47. The second-order valence-corrected chi connectivity index (χ2v) is 12.8. The van der Waals surface area contributed by atoms with Crippen molar-refractivity contribution < 1.29 is 30.8 Å². The summed E-state index contributed by atoms with van der Waals surface area (Å²) >= 11 is 0. The SMILES string of the molecule is O=C(C[C@@H](NS(=O)(=O)c1cccc(C(F)(F)F)c1)c1ccc(F)cc1)N[C@@H]1CCCc2cc(CNCC3CC3)ccc21. The third kappa shape index (κ3) is 7.76. The lowest BCUT2D eigenvalue weighted by atomic mass is 9.86. The fourth-order valence-corrected chi connectivity index (χ4v) is 6.60. The molecular formula is C31H33F4N3O3S. The van der Waals surface area contributed by atoms with Gasteiger partial charge in [-0.1, -0.05) is 36.4 Å². The number of hydrogen-bond donors (Lipinski definition) is 3. The van der Waals surface area contributed by atoms with Crippen molar-refractivity contribution in [3.05, 3.63) is 100 Å². The fourth-order valence-electron chi connectivity index (χ4n) is 5.33. The van der Waals surface area contributed by atoms with Crippen molar-refractivity contribution in [2.75, 3.05) is 6.54 Å². The number of hydrogen-bond acceptors (Lipinski definition) is 4. The van der Waals surface area contributed by atoms with Crippen molar-refractivity contribution in [1.29, 1.82) is 0 Å². The van der Waals surface area contributed by atoms with Crippen LogP contribution in [0.2, 0.25) is 0 Å². The highest BCUT2D eigenvalue weighted by Gasteiger charge is 2.33. The smallest absolute Gasteiger partial charge is 0.349 e. The zero-order valence-electron chi connectivity index (χ0n) is 22.9. The highest BCUT2D eigenvalue weighted by Crippen LogP contribution is 2.33. The van der Waals surface area contributed by atoms with Crippen LogP contribution in [0.15, 0.2) is 71.6 Å². The highest BCUT2D eigenvalue weighted by molar-refractivity contribution is 7.89. The van der Waals surface area contributed by atoms with E-state index >= 15 is 0 Å². The minimum atomic E-state index is -4.73. The van der Waals surface area contributed by atoms with E-state index in [0.717, 1.165) is 79.7 Å². The third-order valence-corrected chi connectivity index (χ3v) is 9.22. The van der Waals surface area contributed by atoms with Crippen molar-refractivity contribution in [2.45, 2.75) is 68.2 Å². The monoisotopic (exact) mass is 603 g/mol. The van der Waals surface area contributed by atoms with E-state index in [0.29, 0.717) is 11.6 Å². The molecule has 5 rings (SSSR count). The quantitative estimate of drug-likeness (QED) is 0.237. The van der Waals surface area contributed by atoms with Crippen LogP contribution in [0.5, 0.6) is 0 Å². The van der Waals surface area contributed by atoms with Crippen LogP contribution >= 0.6 is 0 Å². The number of rotatable bonds is 11. The lowest BCUT2D eigenvalue weighted by molar-refractivity contribution is -0.137. The Balaban J connectivity index is 1.31. The van der Waals surface area contributed by atoms with E-state index < -0.39 is 44.4 Å². The molecule has 2 atom stereocenters. The van der Waals surface area contributed by atoms with Gasteiger partial charge in [0.2, 0.25) is 15.9 Å². The molecule has 0 heterocycles. The summed E-state index contributed by atoms with van der Waals surface area (Å²) in [6, 6.07) is 13.2. The summed E-state index contributed by atoms with van der Waals surface area (Å²) in [5.74, 6) is -0.205. The second kappa shape index (κ2) is 12.5. The molecule has 3 aromatic rings. The van der Waals surface area contributed by atoms with Gasteiger partial charge in [-0.2, -0.15) is 13.2 Å². The Kier molecular flexibility index (Phi) is 9.00. The molecule has 0 aromatic heterocycles.